The van der Waals surface area contributed by atoms with Crippen LogP contribution in [0.15, 0.2) is 90.0 Å². The van der Waals surface area contributed by atoms with Gasteiger partial charge >= 0.3 is 0 Å². The minimum Gasteiger partial charge on any atom is -0.507 e. The summed E-state index contributed by atoms with van der Waals surface area (Å²) < 4.78 is 1.44. The Balaban J connectivity index is 1.37. The van der Waals surface area contributed by atoms with Crippen LogP contribution in [-0.2, 0) is 16.0 Å². The van der Waals surface area contributed by atoms with E-state index < -0.39 is 23.4 Å². The minimum absolute atomic E-state index is 0.212. The summed E-state index contributed by atoms with van der Waals surface area (Å²) in [6.07, 6.45) is 4.51. The maximum absolute atomic E-state index is 13.3. The number of aromatic amines is 1. The topological polar surface area (TPSA) is 155 Å². The number of hydrogen-bond donors (Lipinski definition) is 4. The molecule has 0 unspecified atom stereocenters. The van der Waals surface area contributed by atoms with E-state index in [9.17, 15) is 19.5 Å². The molecule has 1 atom stereocenters. The molecule has 0 fully saturated rings. The van der Waals surface area contributed by atoms with Crippen LogP contribution in [0.4, 0.5) is 5.69 Å². The molecule has 2 heterocycles. The highest BCUT2D eigenvalue weighted by Crippen LogP contribution is 2.24. The summed E-state index contributed by atoms with van der Waals surface area (Å²) in [6.45, 7) is 0. The van der Waals surface area contributed by atoms with E-state index in [4.69, 9.17) is 11.6 Å². The van der Waals surface area contributed by atoms with Crippen molar-refractivity contribution in [3.63, 3.8) is 0 Å². The molecule has 0 spiro atoms. The second-order valence-corrected chi connectivity index (χ2v) is 9.25. The van der Waals surface area contributed by atoms with E-state index >= 15 is 0 Å². The first-order chi connectivity index (χ1) is 19.4. The van der Waals surface area contributed by atoms with Crippen molar-refractivity contribution in [3.8, 4) is 11.4 Å². The average Bonchev–Trinajstić information content (AvgIpc) is 3.47. The number of H-pyrrole nitrogens is 1. The minimum atomic E-state index is -0.933. The van der Waals surface area contributed by atoms with E-state index in [1.807, 2.05) is 30.3 Å². The van der Waals surface area contributed by atoms with Gasteiger partial charge in [-0.25, -0.2) is 0 Å². The molecule has 0 bridgehead atoms. The molecule has 40 heavy (non-hydrogen) atoms. The van der Waals surface area contributed by atoms with E-state index in [2.05, 4.69) is 31.1 Å². The Kier molecular flexibility index (Phi) is 7.65. The van der Waals surface area contributed by atoms with Crippen LogP contribution in [0.5, 0.6) is 5.75 Å². The second-order valence-electron chi connectivity index (χ2n) is 8.81. The highest BCUT2D eigenvalue weighted by molar-refractivity contribution is 6.30. The molecule has 12 heteroatoms. The molecule has 0 saturated heterocycles. The van der Waals surface area contributed by atoms with E-state index in [0.717, 1.165) is 11.6 Å². The van der Waals surface area contributed by atoms with Crippen molar-refractivity contribution in [2.45, 2.75) is 12.5 Å². The fourth-order valence-corrected chi connectivity index (χ4v) is 4.31. The first kappa shape index (κ1) is 26.3. The summed E-state index contributed by atoms with van der Waals surface area (Å²) in [5, 5.41) is 27.7. The predicted molar refractivity (Wildman–Crippen MR) is 150 cm³/mol. The molecule has 4 N–H and O–H groups in total. The van der Waals surface area contributed by atoms with Gasteiger partial charge in [-0.3, -0.25) is 14.4 Å². The molecule has 0 aliphatic heterocycles. The molecule has 2 amide bonds. The number of amides is 2. The van der Waals surface area contributed by atoms with Gasteiger partial charge < -0.3 is 20.7 Å². The van der Waals surface area contributed by atoms with E-state index in [0.29, 0.717) is 32.9 Å². The van der Waals surface area contributed by atoms with Crippen LogP contribution in [0.2, 0.25) is 5.02 Å². The smallest absolute Gasteiger partial charge is 0.252 e. The molecule has 0 aliphatic rings. The number of nitrogens with one attached hydrogen (secondary N) is 3. The molecule has 0 aliphatic carbocycles. The van der Waals surface area contributed by atoms with Gasteiger partial charge in [0.2, 0.25) is 11.8 Å². The SMILES string of the molecule is O=C(/C=C/c1cc(Cl)ccc1-n1cnnn1)N[C@@H](Cc1ccccc1)C(=O)Nc1ccc2[nH]c(=O)cc(O)c2c1. The zero-order chi connectivity index (χ0) is 28.1. The summed E-state index contributed by atoms with van der Waals surface area (Å²) >= 11 is 6.16. The number of rotatable bonds is 8. The molecule has 5 rings (SSSR count). The number of carbonyl (C=O) groups is 2. The Labute approximate surface area is 232 Å². The van der Waals surface area contributed by atoms with Gasteiger partial charge in [-0.1, -0.05) is 41.9 Å². The number of pyridine rings is 1. The first-order valence-electron chi connectivity index (χ1n) is 12.1. The summed E-state index contributed by atoms with van der Waals surface area (Å²) in [6, 6.07) is 19.2. The predicted octanol–water partition coefficient (Wildman–Crippen LogP) is 3.24. The number of aromatic hydroxyl groups is 1. The summed E-state index contributed by atoms with van der Waals surface area (Å²) in [7, 11) is 0. The summed E-state index contributed by atoms with van der Waals surface area (Å²) in [5.41, 5.74) is 2.41. The molecule has 0 radical (unpaired) electrons. The monoisotopic (exact) mass is 555 g/mol. The standard InChI is InChI=1S/C28H22ClN7O4/c29-19-7-10-24(36-16-30-34-35-36)18(13-19)6-11-26(38)33-23(12-17-4-2-1-3-5-17)28(40)31-20-8-9-22-21(14-20)25(37)15-27(39)32-22/h1-11,13-16,23H,12H2,(H,31,40)(H,33,38)(H2,32,37,39)/b11-6+/t23-/m0/s1. The van der Waals surface area contributed by atoms with Crippen LogP contribution in [0.25, 0.3) is 22.7 Å². The van der Waals surface area contributed by atoms with Crippen molar-refractivity contribution in [1.82, 2.24) is 30.5 Å². The molecule has 2 aromatic heterocycles. The van der Waals surface area contributed by atoms with Gasteiger partial charge in [0.05, 0.1) is 11.2 Å². The Morgan fingerprint density at radius 3 is 2.67 bits per heavy atom. The van der Waals surface area contributed by atoms with Crippen LogP contribution in [0.3, 0.4) is 0 Å². The van der Waals surface area contributed by atoms with Gasteiger partial charge in [-0.2, -0.15) is 4.68 Å². The number of halogens is 1. The number of nitrogens with zero attached hydrogens (tertiary/aromatic N) is 4. The van der Waals surface area contributed by atoms with Gasteiger partial charge in [0.15, 0.2) is 0 Å². The number of anilines is 1. The number of fused-ring (bicyclic) bond motifs is 1. The van der Waals surface area contributed by atoms with Gasteiger partial charge in [0.25, 0.3) is 5.56 Å². The van der Waals surface area contributed by atoms with Crippen molar-refractivity contribution < 1.29 is 14.7 Å². The third kappa shape index (κ3) is 6.22. The number of tetrazole rings is 1. The van der Waals surface area contributed by atoms with E-state index in [1.54, 1.807) is 42.5 Å². The number of benzene rings is 3. The Hall–Kier alpha value is -5.29. The lowest BCUT2D eigenvalue weighted by molar-refractivity contribution is -0.123. The van der Waals surface area contributed by atoms with E-state index in [1.165, 1.54) is 17.1 Å². The molecular weight excluding hydrogens is 534 g/mol. The fraction of sp³-hybridized carbons (Fsp3) is 0.0714. The third-order valence-corrected chi connectivity index (χ3v) is 6.24. The highest BCUT2D eigenvalue weighted by atomic mass is 35.5. The van der Waals surface area contributed by atoms with Crippen LogP contribution in [0.1, 0.15) is 11.1 Å². The lowest BCUT2D eigenvalue weighted by atomic mass is 10.0. The normalized spacial score (nSPS) is 11.9. The quantitative estimate of drug-likeness (QED) is 0.214. The van der Waals surface area contributed by atoms with Gasteiger partial charge in [0, 0.05) is 40.2 Å². The fourth-order valence-electron chi connectivity index (χ4n) is 4.13. The third-order valence-electron chi connectivity index (χ3n) is 6.00. The summed E-state index contributed by atoms with van der Waals surface area (Å²) in [4.78, 5) is 40.6. The maximum atomic E-state index is 13.3. The molecule has 200 valence electrons. The average molecular weight is 556 g/mol. The van der Waals surface area contributed by atoms with Crippen molar-refractivity contribution in [2.75, 3.05) is 5.32 Å². The maximum Gasteiger partial charge on any atom is 0.252 e. The Morgan fingerprint density at radius 2 is 1.90 bits per heavy atom. The molecular formula is C28H22ClN7O4. The highest BCUT2D eigenvalue weighted by Gasteiger charge is 2.21. The largest absolute Gasteiger partial charge is 0.507 e. The van der Waals surface area contributed by atoms with Crippen LogP contribution >= 0.6 is 11.6 Å². The molecule has 11 nitrogen and oxygen atoms in total. The summed E-state index contributed by atoms with van der Waals surface area (Å²) in [5.74, 6) is -1.19. The molecule has 5 aromatic rings. The zero-order valence-electron chi connectivity index (χ0n) is 20.8. The number of aromatic nitrogens is 5. The van der Waals surface area contributed by atoms with Crippen molar-refractivity contribution in [3.05, 3.63) is 112 Å². The van der Waals surface area contributed by atoms with Gasteiger partial charge in [0.1, 0.15) is 18.1 Å². The first-order valence-corrected chi connectivity index (χ1v) is 12.5. The van der Waals surface area contributed by atoms with Crippen LogP contribution in [-0.4, -0.2) is 48.2 Å². The van der Waals surface area contributed by atoms with Crippen molar-refractivity contribution in [2.24, 2.45) is 0 Å². The lowest BCUT2D eigenvalue weighted by Crippen LogP contribution is -2.44. The van der Waals surface area contributed by atoms with Gasteiger partial charge in [-0.05, 0) is 58.5 Å². The number of hydrogen-bond acceptors (Lipinski definition) is 7. The Morgan fingerprint density at radius 1 is 1.07 bits per heavy atom. The van der Waals surface area contributed by atoms with Gasteiger partial charge in [-0.15, -0.1) is 5.10 Å². The van der Waals surface area contributed by atoms with Crippen LogP contribution in [0, 0.1) is 0 Å². The molecule has 3 aromatic carbocycles. The second kappa shape index (κ2) is 11.6. The van der Waals surface area contributed by atoms with E-state index in [-0.39, 0.29) is 12.2 Å². The van der Waals surface area contributed by atoms with Crippen molar-refractivity contribution in [1.29, 1.82) is 0 Å². The van der Waals surface area contributed by atoms with Crippen molar-refractivity contribution >= 4 is 46.1 Å². The zero-order valence-corrected chi connectivity index (χ0v) is 21.5. The van der Waals surface area contributed by atoms with Crippen LogP contribution < -0.4 is 16.2 Å². The Bertz CT molecular complexity index is 1770. The lowest BCUT2D eigenvalue weighted by Gasteiger charge is -2.18. The molecule has 0 saturated carbocycles. The number of carbonyl (C=O) groups excluding carboxylic acids is 2.